The summed E-state index contributed by atoms with van der Waals surface area (Å²) < 4.78 is 20.0. The number of halogens is 1. The van der Waals surface area contributed by atoms with E-state index in [1.165, 1.54) is 12.1 Å². The monoisotopic (exact) mass is 299 g/mol. The summed E-state index contributed by atoms with van der Waals surface area (Å²) >= 11 is 0. The molecule has 3 rings (SSSR count). The summed E-state index contributed by atoms with van der Waals surface area (Å²) in [5.41, 5.74) is 0.818. The lowest BCUT2D eigenvalue weighted by Crippen LogP contribution is -2.22. The van der Waals surface area contributed by atoms with Crippen LogP contribution in [-0.4, -0.2) is 15.7 Å². The molecule has 1 aromatic carbocycles. The van der Waals surface area contributed by atoms with Crippen LogP contribution in [0.5, 0.6) is 0 Å². The standard InChI is InChI=1S/C16H14FN3O2/c17-13-4-2-12(3-5-13)10-18-16(21)15-7-6-14(22-15)11-20-9-1-8-19-20/h1-9H,10-11H2,(H,18,21). The van der Waals surface area contributed by atoms with Crippen LogP contribution >= 0.6 is 0 Å². The van der Waals surface area contributed by atoms with Crippen LogP contribution < -0.4 is 5.32 Å². The lowest BCUT2D eigenvalue weighted by molar-refractivity contribution is 0.0921. The number of aromatic nitrogens is 2. The van der Waals surface area contributed by atoms with Crippen LogP contribution in [0.25, 0.3) is 0 Å². The summed E-state index contributed by atoms with van der Waals surface area (Å²) in [5.74, 6) is 0.278. The maximum Gasteiger partial charge on any atom is 0.287 e. The molecule has 0 spiro atoms. The van der Waals surface area contributed by atoms with Crippen LogP contribution in [0.3, 0.4) is 0 Å². The van der Waals surface area contributed by atoms with Gasteiger partial charge >= 0.3 is 0 Å². The van der Waals surface area contributed by atoms with Gasteiger partial charge in [-0.25, -0.2) is 4.39 Å². The molecule has 6 heteroatoms. The minimum atomic E-state index is -0.309. The number of nitrogens with one attached hydrogen (secondary N) is 1. The van der Waals surface area contributed by atoms with Crippen LogP contribution in [0, 0.1) is 5.82 Å². The third-order valence-corrected chi connectivity index (χ3v) is 3.13. The highest BCUT2D eigenvalue weighted by Crippen LogP contribution is 2.10. The number of nitrogens with zero attached hydrogens (tertiary/aromatic N) is 2. The van der Waals surface area contributed by atoms with Gasteiger partial charge in [0.2, 0.25) is 0 Å². The lowest BCUT2D eigenvalue weighted by Gasteiger charge is -2.03. The molecule has 5 nitrogen and oxygen atoms in total. The average Bonchev–Trinajstić information content (AvgIpc) is 3.19. The fourth-order valence-electron chi connectivity index (χ4n) is 2.01. The van der Waals surface area contributed by atoms with Gasteiger partial charge in [0.15, 0.2) is 5.76 Å². The molecule has 3 aromatic rings. The molecule has 0 aliphatic rings. The molecule has 0 radical (unpaired) electrons. The Morgan fingerprint density at radius 3 is 2.77 bits per heavy atom. The van der Waals surface area contributed by atoms with E-state index in [1.807, 2.05) is 12.3 Å². The molecule has 112 valence electrons. The third kappa shape index (κ3) is 3.41. The van der Waals surface area contributed by atoms with Gasteiger partial charge in [-0.2, -0.15) is 5.10 Å². The largest absolute Gasteiger partial charge is 0.454 e. The molecule has 0 unspecified atom stereocenters. The van der Waals surface area contributed by atoms with Gasteiger partial charge in [-0.15, -0.1) is 0 Å². The molecule has 0 saturated carbocycles. The molecule has 0 saturated heterocycles. The molecule has 1 amide bonds. The molecule has 0 aliphatic carbocycles. The number of hydrogen-bond donors (Lipinski definition) is 1. The smallest absolute Gasteiger partial charge is 0.287 e. The van der Waals surface area contributed by atoms with E-state index >= 15 is 0 Å². The summed E-state index contributed by atoms with van der Waals surface area (Å²) in [4.78, 5) is 12.0. The molecule has 1 N–H and O–H groups in total. The Bertz CT molecular complexity index is 748. The quantitative estimate of drug-likeness (QED) is 0.787. The van der Waals surface area contributed by atoms with Crippen LogP contribution in [0.1, 0.15) is 21.9 Å². The minimum Gasteiger partial charge on any atom is -0.454 e. The Morgan fingerprint density at radius 2 is 2.05 bits per heavy atom. The zero-order valence-corrected chi connectivity index (χ0v) is 11.7. The fourth-order valence-corrected chi connectivity index (χ4v) is 2.01. The highest BCUT2D eigenvalue weighted by molar-refractivity contribution is 5.91. The third-order valence-electron chi connectivity index (χ3n) is 3.13. The fraction of sp³-hybridized carbons (Fsp3) is 0.125. The van der Waals surface area contributed by atoms with Crippen molar-refractivity contribution in [1.29, 1.82) is 0 Å². The molecule has 2 heterocycles. The van der Waals surface area contributed by atoms with Crippen molar-refractivity contribution < 1.29 is 13.6 Å². The first-order valence-corrected chi connectivity index (χ1v) is 6.79. The van der Waals surface area contributed by atoms with Crippen molar-refractivity contribution in [2.45, 2.75) is 13.1 Å². The van der Waals surface area contributed by atoms with Crippen molar-refractivity contribution in [2.75, 3.05) is 0 Å². The van der Waals surface area contributed by atoms with E-state index in [0.717, 1.165) is 5.56 Å². The Hall–Kier alpha value is -2.89. The Balaban J connectivity index is 1.58. The lowest BCUT2D eigenvalue weighted by atomic mass is 10.2. The second-order valence-corrected chi connectivity index (χ2v) is 4.78. The zero-order chi connectivity index (χ0) is 15.4. The number of furan rings is 1. The first kappa shape index (κ1) is 14.1. The summed E-state index contributed by atoms with van der Waals surface area (Å²) in [5, 5.41) is 6.80. The summed E-state index contributed by atoms with van der Waals surface area (Å²) in [6.45, 7) is 0.784. The Morgan fingerprint density at radius 1 is 1.23 bits per heavy atom. The van der Waals surface area contributed by atoms with Gasteiger partial charge in [0, 0.05) is 18.9 Å². The van der Waals surface area contributed by atoms with Crippen molar-refractivity contribution in [2.24, 2.45) is 0 Å². The summed E-state index contributed by atoms with van der Waals surface area (Å²) in [7, 11) is 0. The van der Waals surface area contributed by atoms with Gasteiger partial charge in [0.25, 0.3) is 5.91 Å². The molecule has 0 atom stereocenters. The molecular formula is C16H14FN3O2. The highest BCUT2D eigenvalue weighted by atomic mass is 19.1. The maximum atomic E-state index is 12.8. The van der Waals surface area contributed by atoms with Gasteiger partial charge in [0.1, 0.15) is 11.6 Å². The number of amides is 1. The normalized spacial score (nSPS) is 10.6. The molecule has 0 aliphatic heterocycles. The number of rotatable bonds is 5. The molecule has 22 heavy (non-hydrogen) atoms. The van der Waals surface area contributed by atoms with Crippen molar-refractivity contribution >= 4 is 5.91 Å². The van der Waals surface area contributed by atoms with Crippen LogP contribution in [0.2, 0.25) is 0 Å². The van der Waals surface area contributed by atoms with E-state index in [9.17, 15) is 9.18 Å². The van der Waals surface area contributed by atoms with Crippen molar-refractivity contribution in [3.63, 3.8) is 0 Å². The highest BCUT2D eigenvalue weighted by Gasteiger charge is 2.11. The van der Waals surface area contributed by atoms with E-state index in [2.05, 4.69) is 10.4 Å². The Kier molecular flexibility index (Phi) is 4.00. The van der Waals surface area contributed by atoms with Gasteiger partial charge in [0.05, 0.1) is 6.54 Å². The van der Waals surface area contributed by atoms with Crippen LogP contribution in [0.15, 0.2) is 59.3 Å². The first-order valence-electron chi connectivity index (χ1n) is 6.79. The predicted octanol–water partition coefficient (Wildman–Crippen LogP) is 2.59. The number of carbonyl (C=O) groups is 1. The minimum absolute atomic E-state index is 0.240. The number of carbonyl (C=O) groups excluding carboxylic acids is 1. The van der Waals surface area contributed by atoms with Gasteiger partial charge in [-0.05, 0) is 35.9 Å². The molecule has 0 fully saturated rings. The van der Waals surface area contributed by atoms with Gasteiger partial charge in [-0.3, -0.25) is 9.48 Å². The van der Waals surface area contributed by atoms with Crippen molar-refractivity contribution in [1.82, 2.24) is 15.1 Å². The van der Waals surface area contributed by atoms with E-state index < -0.39 is 0 Å². The Labute approximate surface area is 126 Å². The van der Waals surface area contributed by atoms with E-state index in [4.69, 9.17) is 4.42 Å². The van der Waals surface area contributed by atoms with E-state index in [-0.39, 0.29) is 17.5 Å². The number of benzene rings is 1. The van der Waals surface area contributed by atoms with Crippen LogP contribution in [-0.2, 0) is 13.1 Å². The van der Waals surface area contributed by atoms with Crippen molar-refractivity contribution in [3.05, 3.63) is 77.8 Å². The predicted molar refractivity (Wildman–Crippen MR) is 77.6 cm³/mol. The van der Waals surface area contributed by atoms with Gasteiger partial charge < -0.3 is 9.73 Å². The average molecular weight is 299 g/mol. The first-order chi connectivity index (χ1) is 10.7. The second-order valence-electron chi connectivity index (χ2n) is 4.78. The van der Waals surface area contributed by atoms with E-state index in [0.29, 0.717) is 18.8 Å². The number of hydrogen-bond acceptors (Lipinski definition) is 3. The van der Waals surface area contributed by atoms with E-state index in [1.54, 1.807) is 35.1 Å². The molecule has 0 bridgehead atoms. The summed E-state index contributed by atoms with van der Waals surface area (Å²) in [6.07, 6.45) is 3.50. The summed E-state index contributed by atoms with van der Waals surface area (Å²) in [6, 6.07) is 11.2. The molecular weight excluding hydrogens is 285 g/mol. The SMILES string of the molecule is O=C(NCc1ccc(F)cc1)c1ccc(Cn2cccn2)o1. The zero-order valence-electron chi connectivity index (χ0n) is 11.7. The van der Waals surface area contributed by atoms with Gasteiger partial charge in [-0.1, -0.05) is 12.1 Å². The van der Waals surface area contributed by atoms with Crippen molar-refractivity contribution in [3.8, 4) is 0 Å². The second kappa shape index (κ2) is 6.26. The topological polar surface area (TPSA) is 60.1 Å². The molecule has 2 aromatic heterocycles. The van der Waals surface area contributed by atoms with Crippen LogP contribution in [0.4, 0.5) is 4.39 Å². The maximum absolute atomic E-state index is 12.8.